The van der Waals surface area contributed by atoms with E-state index in [1.807, 2.05) is 6.92 Å². The van der Waals surface area contributed by atoms with Crippen LogP contribution >= 0.6 is 0 Å². The number of imidazole rings is 1. The summed E-state index contributed by atoms with van der Waals surface area (Å²) in [6.07, 6.45) is 2.61. The number of halogens is 1. The summed E-state index contributed by atoms with van der Waals surface area (Å²) in [4.78, 5) is 12.8. The molecule has 8 nitrogen and oxygen atoms in total. The maximum atomic E-state index is 13.3. The van der Waals surface area contributed by atoms with Gasteiger partial charge in [0, 0.05) is 18.0 Å². The highest BCUT2D eigenvalue weighted by atomic mass is 19.1. The largest absolute Gasteiger partial charge is 0.368 e. The zero-order valence-electron chi connectivity index (χ0n) is 14.7. The maximum Gasteiger partial charge on any atom is 0.221 e. The van der Waals surface area contributed by atoms with Gasteiger partial charge in [0.2, 0.25) is 12.2 Å². The first-order valence-electron chi connectivity index (χ1n) is 8.37. The van der Waals surface area contributed by atoms with Gasteiger partial charge in [0.05, 0.1) is 24.4 Å². The number of anilines is 1. The average molecular weight is 370 g/mol. The van der Waals surface area contributed by atoms with Gasteiger partial charge in [-0.3, -0.25) is 4.57 Å². The predicted octanol–water partition coefficient (Wildman–Crippen LogP) is 1.81. The van der Waals surface area contributed by atoms with Crippen LogP contribution in [0.15, 0.2) is 42.7 Å². The van der Waals surface area contributed by atoms with Crippen molar-refractivity contribution in [1.82, 2.24) is 19.5 Å². The van der Waals surface area contributed by atoms with Crippen LogP contribution in [0.4, 0.5) is 10.3 Å². The Bertz CT molecular complexity index is 947. The van der Waals surface area contributed by atoms with Gasteiger partial charge in [-0.15, -0.1) is 0 Å². The normalized spacial score (nSPS) is 22.7. The molecule has 2 aromatic heterocycles. The van der Waals surface area contributed by atoms with Gasteiger partial charge in [-0.1, -0.05) is 0 Å². The first kappa shape index (κ1) is 17.5. The highest BCUT2D eigenvalue weighted by Gasteiger charge is 2.33. The van der Waals surface area contributed by atoms with Crippen LogP contribution in [0.1, 0.15) is 19.0 Å². The average Bonchev–Trinajstić information content (AvgIpc) is 3.07. The van der Waals surface area contributed by atoms with Crippen LogP contribution in [0, 0.1) is 5.82 Å². The number of nitrogens with zero attached hydrogens (tertiary/aromatic N) is 4. The fourth-order valence-electron chi connectivity index (χ4n) is 2.77. The molecule has 3 heterocycles. The fraction of sp³-hybridized carbons (Fsp3) is 0.278. The number of nitrogen functional groups attached to an aromatic ring is 1. The van der Waals surface area contributed by atoms with Crippen molar-refractivity contribution in [2.75, 3.05) is 18.9 Å². The first-order valence-corrected chi connectivity index (χ1v) is 8.37. The number of hydrogen-bond donors (Lipinski definition) is 2. The fourth-order valence-corrected chi connectivity index (χ4v) is 2.77. The van der Waals surface area contributed by atoms with Crippen molar-refractivity contribution in [2.45, 2.75) is 18.8 Å². The quantitative estimate of drug-likeness (QED) is 0.723. The minimum atomic E-state index is -0.716. The van der Waals surface area contributed by atoms with Gasteiger partial charge in [0.15, 0.2) is 5.82 Å². The predicted molar refractivity (Wildman–Crippen MR) is 96.2 cm³/mol. The van der Waals surface area contributed by atoms with Crippen molar-refractivity contribution in [3.05, 3.63) is 54.4 Å². The van der Waals surface area contributed by atoms with Crippen LogP contribution in [0.2, 0.25) is 0 Å². The van der Waals surface area contributed by atoms with Crippen molar-refractivity contribution in [2.24, 2.45) is 5.73 Å². The molecule has 140 valence electrons. The monoisotopic (exact) mass is 370 g/mol. The molecule has 3 aromatic rings. The molecule has 0 saturated carbocycles. The van der Waals surface area contributed by atoms with E-state index < -0.39 is 11.8 Å². The van der Waals surface area contributed by atoms with Crippen LogP contribution < -0.4 is 11.5 Å². The number of aromatic nitrogens is 4. The van der Waals surface area contributed by atoms with Crippen LogP contribution in [-0.2, 0) is 9.47 Å². The van der Waals surface area contributed by atoms with E-state index in [9.17, 15) is 4.39 Å². The molecule has 1 aliphatic rings. The van der Waals surface area contributed by atoms with Gasteiger partial charge in [-0.2, -0.15) is 4.98 Å². The summed E-state index contributed by atoms with van der Waals surface area (Å²) in [6.45, 7) is 2.50. The Morgan fingerprint density at radius 2 is 1.85 bits per heavy atom. The molecule has 1 fully saturated rings. The van der Waals surface area contributed by atoms with Crippen molar-refractivity contribution in [1.29, 1.82) is 0 Å². The second kappa shape index (κ2) is 6.69. The van der Waals surface area contributed by atoms with E-state index in [1.165, 1.54) is 12.1 Å². The van der Waals surface area contributed by atoms with Crippen molar-refractivity contribution >= 4 is 5.95 Å². The molecule has 0 radical (unpaired) electrons. The van der Waals surface area contributed by atoms with E-state index in [2.05, 4.69) is 15.0 Å². The summed E-state index contributed by atoms with van der Waals surface area (Å²) in [5, 5.41) is 0. The Hall–Kier alpha value is -2.88. The third kappa shape index (κ3) is 3.65. The number of ether oxygens (including phenoxy) is 2. The molecular weight excluding hydrogens is 351 g/mol. The van der Waals surface area contributed by atoms with Crippen LogP contribution in [0.3, 0.4) is 0 Å². The van der Waals surface area contributed by atoms with Gasteiger partial charge in [0.1, 0.15) is 11.6 Å². The molecule has 9 heteroatoms. The van der Waals surface area contributed by atoms with E-state index in [1.54, 1.807) is 35.2 Å². The first-order chi connectivity index (χ1) is 12.9. The smallest absolute Gasteiger partial charge is 0.221 e. The van der Waals surface area contributed by atoms with E-state index in [0.717, 1.165) is 5.56 Å². The second-order valence-corrected chi connectivity index (χ2v) is 6.74. The Balaban J connectivity index is 1.77. The molecule has 0 bridgehead atoms. The molecule has 1 aromatic carbocycles. The lowest BCUT2D eigenvalue weighted by Gasteiger charge is -2.34. The lowest BCUT2D eigenvalue weighted by molar-refractivity contribution is -0.212. The van der Waals surface area contributed by atoms with Gasteiger partial charge >= 0.3 is 0 Å². The number of hydrogen-bond acceptors (Lipinski definition) is 7. The molecular formula is C18H19FN6O2. The molecule has 0 spiro atoms. The molecule has 1 saturated heterocycles. The molecule has 4 rings (SSSR count). The SMILES string of the molecule is CC1(N)COC(c2nc(-c3ccc(F)cc3)cn2-c2ccnc(N)n2)OC1. The zero-order valence-corrected chi connectivity index (χ0v) is 14.7. The van der Waals surface area contributed by atoms with Gasteiger partial charge in [0.25, 0.3) is 0 Å². The minimum absolute atomic E-state index is 0.135. The lowest BCUT2D eigenvalue weighted by atomic mass is 10.1. The third-order valence-electron chi connectivity index (χ3n) is 4.12. The molecule has 27 heavy (non-hydrogen) atoms. The summed E-state index contributed by atoms with van der Waals surface area (Å²) in [7, 11) is 0. The summed E-state index contributed by atoms with van der Waals surface area (Å²) in [6, 6.07) is 7.76. The third-order valence-corrected chi connectivity index (χ3v) is 4.12. The van der Waals surface area contributed by atoms with Gasteiger partial charge in [-0.05, 0) is 37.3 Å². The van der Waals surface area contributed by atoms with Crippen LogP contribution in [-0.4, -0.2) is 38.3 Å². The van der Waals surface area contributed by atoms with Crippen molar-refractivity contribution in [3.8, 4) is 17.1 Å². The summed E-state index contributed by atoms with van der Waals surface area (Å²) < 4.78 is 26.5. The summed E-state index contributed by atoms with van der Waals surface area (Å²) >= 11 is 0. The molecule has 0 unspecified atom stereocenters. The van der Waals surface area contributed by atoms with Crippen LogP contribution in [0.25, 0.3) is 17.1 Å². The Kier molecular flexibility index (Phi) is 4.34. The van der Waals surface area contributed by atoms with Gasteiger partial charge in [-0.25, -0.2) is 14.4 Å². The molecule has 0 aliphatic carbocycles. The highest BCUT2D eigenvalue weighted by molar-refractivity contribution is 5.59. The van der Waals surface area contributed by atoms with E-state index in [0.29, 0.717) is 30.5 Å². The van der Waals surface area contributed by atoms with E-state index in [-0.39, 0.29) is 11.8 Å². The number of nitrogens with two attached hydrogens (primary N) is 2. The van der Waals surface area contributed by atoms with Crippen molar-refractivity contribution < 1.29 is 13.9 Å². The Morgan fingerprint density at radius 1 is 1.15 bits per heavy atom. The van der Waals surface area contributed by atoms with Gasteiger partial charge < -0.3 is 20.9 Å². The Labute approximate surface area is 155 Å². The lowest BCUT2D eigenvalue weighted by Crippen LogP contribution is -2.50. The molecule has 0 amide bonds. The van der Waals surface area contributed by atoms with E-state index in [4.69, 9.17) is 20.9 Å². The van der Waals surface area contributed by atoms with E-state index >= 15 is 0 Å². The maximum absolute atomic E-state index is 13.3. The number of rotatable bonds is 3. The minimum Gasteiger partial charge on any atom is -0.368 e. The van der Waals surface area contributed by atoms with Crippen LogP contribution in [0.5, 0.6) is 0 Å². The highest BCUT2D eigenvalue weighted by Crippen LogP contribution is 2.30. The molecule has 4 N–H and O–H groups in total. The van der Waals surface area contributed by atoms with Crippen molar-refractivity contribution in [3.63, 3.8) is 0 Å². The summed E-state index contributed by atoms with van der Waals surface area (Å²) in [5.41, 5.74) is 12.6. The molecule has 0 atom stereocenters. The topological polar surface area (TPSA) is 114 Å². The second-order valence-electron chi connectivity index (χ2n) is 6.74. The zero-order chi connectivity index (χ0) is 19.0. The Morgan fingerprint density at radius 3 is 2.52 bits per heavy atom. The summed E-state index contributed by atoms with van der Waals surface area (Å²) in [5.74, 6) is 0.827. The molecule has 1 aliphatic heterocycles. The standard InChI is InChI=1S/C18H19FN6O2/c1-18(21)9-26-16(27-10-18)15-23-13(11-2-4-12(19)5-3-11)8-25(15)14-6-7-22-17(20)24-14/h2-8,16H,9-10,21H2,1H3,(H2,20,22,24). The number of benzene rings is 1.